The average molecular weight is 689 g/mol. The van der Waals surface area contributed by atoms with E-state index in [-0.39, 0.29) is 36.9 Å². The number of unbranched alkanes of at least 4 members (excludes halogenated alkanes) is 9. The van der Waals surface area contributed by atoms with E-state index in [4.69, 9.17) is 0 Å². The van der Waals surface area contributed by atoms with Crippen LogP contribution in [0.15, 0.2) is 0 Å². The van der Waals surface area contributed by atoms with Gasteiger partial charge in [-0.25, -0.2) is 0 Å². The van der Waals surface area contributed by atoms with Gasteiger partial charge in [0, 0.05) is 34.2 Å². The van der Waals surface area contributed by atoms with Crippen LogP contribution in [-0.4, -0.2) is 17.9 Å². The van der Waals surface area contributed by atoms with Crippen molar-refractivity contribution in [1.29, 1.82) is 0 Å². The normalized spacial score (nSPS) is 11.3. The predicted molar refractivity (Wildman–Crippen MR) is 143 cm³/mol. The van der Waals surface area contributed by atoms with Gasteiger partial charge in [-0.1, -0.05) is 139 Å². The van der Waals surface area contributed by atoms with Crippen LogP contribution in [0.25, 0.3) is 0 Å². The molecule has 0 saturated carbocycles. The van der Waals surface area contributed by atoms with Crippen LogP contribution in [0.4, 0.5) is 0 Å². The quantitative estimate of drug-likeness (QED) is 0.183. The van der Waals surface area contributed by atoms with Crippen molar-refractivity contribution in [3.8, 4) is 0 Å². The van der Waals surface area contributed by atoms with E-state index in [0.717, 1.165) is 57.8 Å². The molecular weight excluding hydrogens is 631 g/mol. The van der Waals surface area contributed by atoms with E-state index in [1.807, 2.05) is 0 Å². The molecule has 0 atom stereocenters. The monoisotopic (exact) mass is 688 g/mol. The third-order valence-corrected chi connectivity index (χ3v) is 6.62. The molecule has 0 saturated heterocycles. The van der Waals surface area contributed by atoms with Crippen LogP contribution in [0.5, 0.6) is 0 Å². The molecule has 0 radical (unpaired) electrons. The molecule has 0 aromatic carbocycles. The first kappa shape index (κ1) is 43.7. The number of carbonyl (C=O) groups excluding carboxylic acids is 3. The first-order valence-corrected chi connectivity index (χ1v) is 14.2. The second-order valence-electron chi connectivity index (χ2n) is 11.9. The van der Waals surface area contributed by atoms with Crippen LogP contribution in [0.3, 0.4) is 0 Å². The van der Waals surface area contributed by atoms with Crippen LogP contribution in [0.2, 0.25) is 0 Å². The van der Waals surface area contributed by atoms with Crippen molar-refractivity contribution in [1.82, 2.24) is 0 Å². The van der Waals surface area contributed by atoms with Crippen molar-refractivity contribution < 1.29 is 66.6 Å². The minimum atomic E-state index is -0.931. The molecule has 0 aliphatic heterocycles. The first-order valence-electron chi connectivity index (χ1n) is 14.2. The molecule has 7 heteroatoms. The van der Waals surface area contributed by atoms with Crippen molar-refractivity contribution in [3.05, 3.63) is 0 Å². The van der Waals surface area contributed by atoms with Gasteiger partial charge in [0.05, 0.1) is 0 Å². The molecule has 0 heterocycles. The minimum Gasteiger partial charge on any atom is -0.550 e. The summed E-state index contributed by atoms with van der Waals surface area (Å²) in [5.74, 6) is -2.79. The number of hydrogen-bond acceptors (Lipinski definition) is 6. The van der Waals surface area contributed by atoms with Crippen molar-refractivity contribution >= 4 is 17.9 Å². The molecule has 0 bridgehead atoms. The van der Waals surface area contributed by atoms with Crippen LogP contribution < -0.4 is 15.3 Å². The zero-order valence-corrected chi connectivity index (χ0v) is 27.0. The number of hydrogen-bond donors (Lipinski definition) is 0. The molecule has 0 rings (SSSR count). The first-order chi connectivity index (χ1) is 16.5. The molecule has 0 aromatic rings. The molecule has 0 spiro atoms. The molecule has 0 amide bonds. The summed E-state index contributed by atoms with van der Waals surface area (Å²) in [5, 5.41) is 31.7. The van der Waals surface area contributed by atoms with E-state index in [1.54, 1.807) is 41.5 Å². The van der Waals surface area contributed by atoms with Crippen LogP contribution in [0, 0.1) is 53.1 Å². The summed E-state index contributed by atoms with van der Waals surface area (Å²) in [4.78, 5) is 31.7. The van der Waals surface area contributed by atoms with Crippen molar-refractivity contribution in [2.45, 2.75) is 159 Å². The summed E-state index contributed by atoms with van der Waals surface area (Å²) in [6.45, 7) is 16.8. The maximum Gasteiger partial charge on any atom is 3.00 e. The molecule has 0 aliphatic carbocycles. The zero-order chi connectivity index (χ0) is 28.8. The fourth-order valence-corrected chi connectivity index (χ4v) is 3.29. The van der Waals surface area contributed by atoms with E-state index in [0.29, 0.717) is 0 Å². The Morgan fingerprint density at radius 3 is 0.757 bits per heavy atom. The summed E-state index contributed by atoms with van der Waals surface area (Å²) >= 11 is 0. The van der Waals surface area contributed by atoms with E-state index >= 15 is 0 Å². The topological polar surface area (TPSA) is 120 Å². The van der Waals surface area contributed by atoms with Gasteiger partial charge in [-0.15, -0.1) is 0 Å². The average Bonchev–Trinajstić information content (AvgIpc) is 2.78. The Morgan fingerprint density at radius 1 is 0.432 bits per heavy atom. The third-order valence-electron chi connectivity index (χ3n) is 6.62. The van der Waals surface area contributed by atoms with Crippen LogP contribution >= 0.6 is 0 Å². The van der Waals surface area contributed by atoms with Crippen LogP contribution in [-0.2, 0) is 14.4 Å². The van der Waals surface area contributed by atoms with Crippen molar-refractivity contribution in [3.63, 3.8) is 0 Å². The number of aliphatic carboxylic acids is 3. The summed E-state index contributed by atoms with van der Waals surface area (Å²) in [7, 11) is 0. The second-order valence-corrected chi connectivity index (χ2v) is 11.9. The van der Waals surface area contributed by atoms with Gasteiger partial charge in [-0.05, 0) is 19.3 Å². The second kappa shape index (κ2) is 24.7. The summed E-state index contributed by atoms with van der Waals surface area (Å²) in [5.41, 5.74) is -1.94. The zero-order valence-electron chi connectivity index (χ0n) is 25.3. The maximum atomic E-state index is 10.6. The Morgan fingerprint density at radius 2 is 0.622 bits per heavy atom. The van der Waals surface area contributed by atoms with Gasteiger partial charge in [0.1, 0.15) is 0 Å². The fourth-order valence-electron chi connectivity index (χ4n) is 3.29. The molecule has 228 valence electrons. The van der Waals surface area contributed by atoms with Crippen molar-refractivity contribution in [2.75, 3.05) is 0 Å². The van der Waals surface area contributed by atoms with Gasteiger partial charge < -0.3 is 29.7 Å². The molecular formula is C30H57LuO6. The maximum absolute atomic E-state index is 10.6. The van der Waals surface area contributed by atoms with Gasteiger partial charge in [0.2, 0.25) is 0 Å². The Balaban J connectivity index is -0.000000218. The van der Waals surface area contributed by atoms with Gasteiger partial charge in [0.15, 0.2) is 0 Å². The molecule has 0 unspecified atom stereocenters. The molecule has 0 N–H and O–H groups in total. The Hall–Kier alpha value is -0.356. The van der Waals surface area contributed by atoms with Gasteiger partial charge in [0.25, 0.3) is 0 Å². The summed E-state index contributed by atoms with van der Waals surface area (Å²) in [6.07, 6.45) is 15.7. The standard InChI is InChI=1S/3C10H20O2.Lu/c3*1-4-5-6-7-8-10(2,3)9(11)12;/h3*4-8H2,1-3H3,(H,11,12);/q;;;+3/p-3. The van der Waals surface area contributed by atoms with Gasteiger partial charge in [-0.3, -0.25) is 0 Å². The SMILES string of the molecule is CCCCCCC(C)(C)C(=O)[O-].CCCCCCC(C)(C)C(=O)[O-].CCCCCCC(C)(C)C(=O)[O-].[Lu+3]. The Labute approximate surface area is 258 Å². The van der Waals surface area contributed by atoms with Crippen molar-refractivity contribution in [2.24, 2.45) is 16.2 Å². The molecule has 37 heavy (non-hydrogen) atoms. The molecule has 6 nitrogen and oxygen atoms in total. The summed E-state index contributed by atoms with van der Waals surface area (Å²) in [6, 6.07) is 0. The smallest absolute Gasteiger partial charge is 0.550 e. The third kappa shape index (κ3) is 27.0. The van der Waals surface area contributed by atoms with E-state index < -0.39 is 34.2 Å². The number of carbonyl (C=O) groups is 3. The van der Waals surface area contributed by atoms with Gasteiger partial charge in [-0.2, -0.15) is 0 Å². The predicted octanol–water partition coefficient (Wildman–Crippen LogP) is 5.20. The van der Waals surface area contributed by atoms with Gasteiger partial charge >= 0.3 is 36.9 Å². The summed E-state index contributed by atoms with van der Waals surface area (Å²) < 4.78 is 0. The molecule has 0 fully saturated rings. The fraction of sp³-hybridized carbons (Fsp3) is 0.900. The van der Waals surface area contributed by atoms with E-state index in [2.05, 4.69) is 20.8 Å². The van der Waals surface area contributed by atoms with Crippen LogP contribution in [0.1, 0.15) is 159 Å². The largest absolute Gasteiger partial charge is 3.00 e. The van der Waals surface area contributed by atoms with E-state index in [1.165, 1.54) is 38.5 Å². The number of rotatable bonds is 18. The number of carboxylic acids is 3. The van der Waals surface area contributed by atoms with E-state index in [9.17, 15) is 29.7 Å². The minimum absolute atomic E-state index is 0. The molecule has 0 aromatic heterocycles. The number of carboxylic acid groups (broad SMARTS) is 3. The Bertz CT molecular complexity index is 504. The Kier molecular flexibility index (Phi) is 29.1. The molecule has 0 aliphatic rings.